The molecule has 0 unspecified atom stereocenters. The van der Waals surface area contributed by atoms with E-state index in [1.165, 1.54) is 15.3 Å². The maximum Gasteiger partial charge on any atom is 0.130 e. The predicted octanol–water partition coefficient (Wildman–Crippen LogP) is 3.10. The monoisotopic (exact) mass is 238 g/mol. The molecule has 0 saturated heterocycles. The van der Waals surface area contributed by atoms with Crippen molar-refractivity contribution in [2.45, 2.75) is 46.5 Å². The van der Waals surface area contributed by atoms with Crippen LogP contribution in [0.5, 0.6) is 0 Å². The third kappa shape index (κ3) is 4.27. The minimum absolute atomic E-state index is 0.233. The molecule has 1 aromatic heterocycles. The Bertz CT molecular complexity index is 391. The Balaban J connectivity index is 2.59. The predicted molar refractivity (Wildman–Crippen MR) is 67.1 cm³/mol. The molecule has 0 aromatic carbocycles. The molecule has 1 aromatic rings. The lowest BCUT2D eigenvalue weighted by Gasteiger charge is -1.95. The van der Waals surface area contributed by atoms with E-state index in [9.17, 15) is 9.59 Å². The van der Waals surface area contributed by atoms with E-state index in [4.69, 9.17) is 0 Å². The van der Waals surface area contributed by atoms with Crippen molar-refractivity contribution in [1.29, 1.82) is 0 Å². The summed E-state index contributed by atoms with van der Waals surface area (Å²) in [7, 11) is 0. The molecule has 1 rings (SSSR count). The van der Waals surface area contributed by atoms with Gasteiger partial charge in [0.05, 0.1) is 0 Å². The van der Waals surface area contributed by atoms with E-state index < -0.39 is 0 Å². The first kappa shape index (κ1) is 13.1. The average Bonchev–Trinajstić information content (AvgIpc) is 2.53. The summed E-state index contributed by atoms with van der Waals surface area (Å²) < 4.78 is 0. The molecule has 0 amide bonds. The van der Waals surface area contributed by atoms with Crippen LogP contribution in [0.4, 0.5) is 0 Å². The quantitative estimate of drug-likeness (QED) is 0.763. The highest BCUT2D eigenvalue weighted by molar-refractivity contribution is 7.12. The molecule has 0 bridgehead atoms. The summed E-state index contributed by atoms with van der Waals surface area (Å²) in [5.74, 6) is 0.467. The van der Waals surface area contributed by atoms with Crippen LogP contribution < -0.4 is 0 Å². The first-order valence-corrected chi connectivity index (χ1v) is 6.37. The fraction of sp³-hybridized carbons (Fsp3) is 0.538. The molecule has 16 heavy (non-hydrogen) atoms. The number of carbonyl (C=O) groups excluding carboxylic acids is 2. The summed E-state index contributed by atoms with van der Waals surface area (Å²) in [6, 6.07) is 2.14. The van der Waals surface area contributed by atoms with Gasteiger partial charge in [-0.25, -0.2) is 0 Å². The standard InChI is InChI=1S/C13H18O2S/c1-9-8-12(6-4-10(2)14)16-13(9)7-5-11(3)15/h8H,4-7H2,1-3H3. The van der Waals surface area contributed by atoms with E-state index in [1.54, 1.807) is 25.2 Å². The Kier molecular flexibility index (Phi) is 4.87. The van der Waals surface area contributed by atoms with Crippen LogP contribution in [0.2, 0.25) is 0 Å². The lowest BCUT2D eigenvalue weighted by Crippen LogP contribution is -1.92. The summed E-state index contributed by atoms with van der Waals surface area (Å²) in [5.41, 5.74) is 1.25. The molecule has 3 heteroatoms. The van der Waals surface area contributed by atoms with Gasteiger partial charge in [0.1, 0.15) is 11.6 Å². The first-order chi connectivity index (χ1) is 7.49. The van der Waals surface area contributed by atoms with Gasteiger partial charge in [-0.05, 0) is 45.2 Å². The third-order valence-corrected chi connectivity index (χ3v) is 3.86. The van der Waals surface area contributed by atoms with Crippen molar-refractivity contribution in [2.24, 2.45) is 0 Å². The van der Waals surface area contributed by atoms with Crippen molar-refractivity contribution in [1.82, 2.24) is 0 Å². The summed E-state index contributed by atoms with van der Waals surface area (Å²) in [6.07, 6.45) is 2.91. The molecule has 0 atom stereocenters. The van der Waals surface area contributed by atoms with Crippen LogP contribution in [0.15, 0.2) is 6.07 Å². The van der Waals surface area contributed by atoms with Gasteiger partial charge in [0.2, 0.25) is 0 Å². The number of ketones is 2. The molecule has 0 N–H and O–H groups in total. The van der Waals surface area contributed by atoms with Crippen LogP contribution in [0.3, 0.4) is 0 Å². The molecule has 0 fully saturated rings. The van der Waals surface area contributed by atoms with Crippen LogP contribution in [0.25, 0.3) is 0 Å². The number of hydrogen-bond donors (Lipinski definition) is 0. The maximum atomic E-state index is 10.9. The molecule has 0 saturated carbocycles. The van der Waals surface area contributed by atoms with Crippen LogP contribution in [0.1, 0.15) is 42.0 Å². The zero-order chi connectivity index (χ0) is 12.1. The number of carbonyl (C=O) groups is 2. The molecule has 0 aliphatic carbocycles. The van der Waals surface area contributed by atoms with Crippen molar-refractivity contribution in [3.63, 3.8) is 0 Å². The molecule has 88 valence electrons. The van der Waals surface area contributed by atoms with Gasteiger partial charge in [0, 0.05) is 22.6 Å². The van der Waals surface area contributed by atoms with Crippen LogP contribution >= 0.6 is 11.3 Å². The van der Waals surface area contributed by atoms with Gasteiger partial charge < -0.3 is 9.59 Å². The minimum Gasteiger partial charge on any atom is -0.300 e. The Morgan fingerprint density at radius 2 is 1.69 bits per heavy atom. The molecule has 2 nitrogen and oxygen atoms in total. The zero-order valence-corrected chi connectivity index (χ0v) is 10.9. The normalized spacial score (nSPS) is 10.4. The van der Waals surface area contributed by atoms with Gasteiger partial charge >= 0.3 is 0 Å². The Labute approximate surface area is 101 Å². The van der Waals surface area contributed by atoms with Crippen molar-refractivity contribution >= 4 is 22.9 Å². The largest absolute Gasteiger partial charge is 0.300 e. The number of aryl methyl sites for hydroxylation is 3. The molecule has 1 heterocycles. The first-order valence-electron chi connectivity index (χ1n) is 5.56. The van der Waals surface area contributed by atoms with Gasteiger partial charge in [-0.3, -0.25) is 0 Å². The lowest BCUT2D eigenvalue weighted by molar-refractivity contribution is -0.117. The SMILES string of the molecule is CC(=O)CCc1cc(C)c(CCC(C)=O)s1. The third-order valence-electron chi connectivity index (χ3n) is 2.50. The van der Waals surface area contributed by atoms with E-state index in [0.29, 0.717) is 12.8 Å². The van der Waals surface area contributed by atoms with Gasteiger partial charge in [0.25, 0.3) is 0 Å². The summed E-state index contributed by atoms with van der Waals surface area (Å²) in [4.78, 5) is 24.3. The van der Waals surface area contributed by atoms with Crippen LogP contribution in [0, 0.1) is 6.92 Å². The fourth-order valence-corrected chi connectivity index (χ4v) is 2.73. The number of rotatable bonds is 6. The Morgan fingerprint density at radius 1 is 1.12 bits per heavy atom. The number of thiophene rings is 1. The minimum atomic E-state index is 0.233. The summed E-state index contributed by atoms with van der Waals surface area (Å²) >= 11 is 1.74. The number of hydrogen-bond acceptors (Lipinski definition) is 3. The van der Waals surface area contributed by atoms with Crippen molar-refractivity contribution < 1.29 is 9.59 Å². The zero-order valence-electron chi connectivity index (χ0n) is 10.1. The second-order valence-electron chi connectivity index (χ2n) is 4.22. The van der Waals surface area contributed by atoms with Crippen molar-refractivity contribution in [3.05, 3.63) is 21.4 Å². The van der Waals surface area contributed by atoms with E-state index in [1.807, 2.05) is 0 Å². The molecular weight excluding hydrogens is 220 g/mol. The van der Waals surface area contributed by atoms with Crippen LogP contribution in [-0.2, 0) is 22.4 Å². The van der Waals surface area contributed by atoms with Gasteiger partial charge in [-0.2, -0.15) is 0 Å². The highest BCUT2D eigenvalue weighted by atomic mass is 32.1. The summed E-state index contributed by atoms with van der Waals surface area (Å²) in [6.45, 7) is 5.32. The van der Waals surface area contributed by atoms with E-state index in [-0.39, 0.29) is 11.6 Å². The van der Waals surface area contributed by atoms with Crippen molar-refractivity contribution in [3.8, 4) is 0 Å². The van der Waals surface area contributed by atoms with E-state index in [2.05, 4.69) is 13.0 Å². The average molecular weight is 238 g/mol. The molecule has 0 spiro atoms. The highest BCUT2D eigenvalue weighted by Gasteiger charge is 2.07. The smallest absolute Gasteiger partial charge is 0.130 e. The highest BCUT2D eigenvalue weighted by Crippen LogP contribution is 2.24. The van der Waals surface area contributed by atoms with Gasteiger partial charge in [-0.1, -0.05) is 0 Å². The van der Waals surface area contributed by atoms with Gasteiger partial charge in [0.15, 0.2) is 0 Å². The summed E-state index contributed by atoms with van der Waals surface area (Å²) in [5, 5.41) is 0. The van der Waals surface area contributed by atoms with E-state index >= 15 is 0 Å². The Morgan fingerprint density at radius 3 is 2.25 bits per heavy atom. The van der Waals surface area contributed by atoms with E-state index in [0.717, 1.165) is 12.8 Å². The molecular formula is C13H18O2S. The molecule has 0 aliphatic heterocycles. The second kappa shape index (κ2) is 5.94. The Hall–Kier alpha value is -0.960. The fourth-order valence-electron chi connectivity index (χ4n) is 1.55. The van der Waals surface area contributed by atoms with Crippen molar-refractivity contribution in [2.75, 3.05) is 0 Å². The molecule has 0 aliphatic rings. The van der Waals surface area contributed by atoms with Crippen LogP contribution in [-0.4, -0.2) is 11.6 Å². The number of Topliss-reactive ketones (excluding diaryl/α,β-unsaturated/α-hetero) is 2. The van der Waals surface area contributed by atoms with Gasteiger partial charge in [-0.15, -0.1) is 11.3 Å². The molecule has 0 radical (unpaired) electrons. The maximum absolute atomic E-state index is 10.9. The topological polar surface area (TPSA) is 34.1 Å². The lowest BCUT2D eigenvalue weighted by atomic mass is 10.1. The second-order valence-corrected chi connectivity index (χ2v) is 5.44.